The minimum absolute atomic E-state index is 0.0348. The van der Waals surface area contributed by atoms with E-state index >= 15 is 0 Å². The van der Waals surface area contributed by atoms with Crippen molar-refractivity contribution < 1.29 is 17.9 Å². The summed E-state index contributed by atoms with van der Waals surface area (Å²) in [5.41, 5.74) is 0.567. The van der Waals surface area contributed by atoms with Crippen LogP contribution in [0.15, 0.2) is 35.5 Å². The molecule has 9 nitrogen and oxygen atoms in total. The minimum Gasteiger partial charge on any atom is -0.378 e. The Morgan fingerprint density at radius 2 is 1.90 bits per heavy atom. The quantitative estimate of drug-likeness (QED) is 0.570. The number of anilines is 1. The number of benzene rings is 1. The van der Waals surface area contributed by atoms with Gasteiger partial charge in [0.15, 0.2) is 11.0 Å². The van der Waals surface area contributed by atoms with Crippen molar-refractivity contribution in [1.82, 2.24) is 19.7 Å². The first-order valence-electron chi connectivity index (χ1n) is 9.33. The number of sulfonamides is 1. The molecule has 0 spiro atoms. The lowest BCUT2D eigenvalue weighted by molar-refractivity contribution is -0.132. The Morgan fingerprint density at radius 3 is 2.52 bits per heavy atom. The molecule has 158 valence electrons. The van der Waals surface area contributed by atoms with Crippen LogP contribution in [0.5, 0.6) is 0 Å². The Hall–Kier alpha value is -2.11. The smallest absolute Gasteiger partial charge is 0.233 e. The lowest BCUT2D eigenvalue weighted by Gasteiger charge is -2.26. The highest BCUT2D eigenvalue weighted by Crippen LogP contribution is 2.23. The number of carbonyl (C=O) groups excluding carboxylic acids is 1. The SMILES string of the molecule is CCn1c(CN(c2ccccc2)S(C)(=O)=O)nnc1SCC(=O)N1CCOCC1. The third-order valence-corrected chi connectivity index (χ3v) is 6.62. The van der Waals surface area contributed by atoms with Crippen molar-refractivity contribution in [3.8, 4) is 0 Å². The number of hydrogen-bond acceptors (Lipinski definition) is 7. The van der Waals surface area contributed by atoms with Crippen LogP contribution in [0.3, 0.4) is 0 Å². The van der Waals surface area contributed by atoms with Crippen LogP contribution in [0.2, 0.25) is 0 Å². The van der Waals surface area contributed by atoms with Crippen molar-refractivity contribution in [3.63, 3.8) is 0 Å². The fourth-order valence-corrected chi connectivity index (χ4v) is 4.79. The number of morpholine rings is 1. The zero-order valence-corrected chi connectivity index (χ0v) is 18.2. The molecule has 1 aromatic heterocycles. The molecule has 0 bridgehead atoms. The lowest BCUT2D eigenvalue weighted by Crippen LogP contribution is -2.41. The second kappa shape index (κ2) is 9.59. The van der Waals surface area contributed by atoms with Gasteiger partial charge in [-0.15, -0.1) is 10.2 Å². The molecule has 1 aliphatic heterocycles. The molecule has 0 unspecified atom stereocenters. The van der Waals surface area contributed by atoms with E-state index in [4.69, 9.17) is 4.74 Å². The van der Waals surface area contributed by atoms with Gasteiger partial charge in [0.2, 0.25) is 15.9 Å². The maximum atomic E-state index is 12.4. The molecule has 11 heteroatoms. The molecule has 1 saturated heterocycles. The standard InChI is InChI=1S/C18H25N5O4S2/c1-3-22-16(13-23(29(2,25)26)15-7-5-4-6-8-15)19-20-18(22)28-14-17(24)21-9-11-27-12-10-21/h4-8H,3,9-14H2,1-2H3. The second-order valence-electron chi connectivity index (χ2n) is 6.53. The first kappa shape index (κ1) is 21.6. The van der Waals surface area contributed by atoms with Crippen LogP contribution in [-0.2, 0) is 32.6 Å². The summed E-state index contributed by atoms with van der Waals surface area (Å²) in [4.78, 5) is 14.2. The van der Waals surface area contributed by atoms with Gasteiger partial charge < -0.3 is 14.2 Å². The molecular weight excluding hydrogens is 414 g/mol. The molecule has 1 fully saturated rings. The fraction of sp³-hybridized carbons (Fsp3) is 0.500. The summed E-state index contributed by atoms with van der Waals surface area (Å²) in [6, 6.07) is 8.89. The van der Waals surface area contributed by atoms with Crippen molar-refractivity contribution >= 4 is 33.4 Å². The average Bonchev–Trinajstić information content (AvgIpc) is 3.12. The summed E-state index contributed by atoms with van der Waals surface area (Å²) in [5.74, 6) is 0.822. The van der Waals surface area contributed by atoms with Crippen LogP contribution in [-0.4, -0.2) is 72.3 Å². The largest absolute Gasteiger partial charge is 0.378 e. The van der Waals surface area contributed by atoms with Gasteiger partial charge in [0.25, 0.3) is 0 Å². The predicted molar refractivity (Wildman–Crippen MR) is 111 cm³/mol. The third-order valence-electron chi connectivity index (χ3n) is 4.53. The van der Waals surface area contributed by atoms with Crippen LogP contribution in [0.4, 0.5) is 5.69 Å². The summed E-state index contributed by atoms with van der Waals surface area (Å²) in [7, 11) is -3.50. The average molecular weight is 440 g/mol. The molecule has 0 radical (unpaired) electrons. The molecule has 1 aliphatic rings. The number of aromatic nitrogens is 3. The Kier molecular flexibility index (Phi) is 7.14. The van der Waals surface area contributed by atoms with Crippen LogP contribution in [0.25, 0.3) is 0 Å². The predicted octanol–water partition coefficient (Wildman–Crippen LogP) is 1.22. The Labute approximate surface area is 175 Å². The van der Waals surface area contributed by atoms with Crippen LogP contribution >= 0.6 is 11.8 Å². The maximum absolute atomic E-state index is 12.4. The summed E-state index contributed by atoms with van der Waals surface area (Å²) in [6.07, 6.45) is 1.17. The number of nitrogens with zero attached hydrogens (tertiary/aromatic N) is 5. The van der Waals surface area contributed by atoms with Gasteiger partial charge in [-0.1, -0.05) is 30.0 Å². The van der Waals surface area contributed by atoms with E-state index in [9.17, 15) is 13.2 Å². The van der Waals surface area contributed by atoms with E-state index < -0.39 is 10.0 Å². The minimum atomic E-state index is -3.50. The van der Waals surface area contributed by atoms with Gasteiger partial charge >= 0.3 is 0 Å². The van der Waals surface area contributed by atoms with Crippen molar-refractivity contribution in [1.29, 1.82) is 0 Å². The molecule has 0 aliphatic carbocycles. The third kappa shape index (κ3) is 5.49. The van der Waals surface area contributed by atoms with Crippen molar-refractivity contribution in [2.75, 3.05) is 42.6 Å². The Morgan fingerprint density at radius 1 is 1.21 bits per heavy atom. The first-order chi connectivity index (χ1) is 13.9. The molecule has 29 heavy (non-hydrogen) atoms. The highest BCUT2D eigenvalue weighted by atomic mass is 32.2. The number of rotatable bonds is 8. The number of ether oxygens (including phenoxy) is 1. The number of amides is 1. The highest BCUT2D eigenvalue weighted by Gasteiger charge is 2.23. The number of para-hydroxylation sites is 1. The molecule has 1 amide bonds. The number of thioether (sulfide) groups is 1. The molecule has 1 aromatic carbocycles. The monoisotopic (exact) mass is 439 g/mol. The van der Waals surface area contributed by atoms with Crippen LogP contribution in [0.1, 0.15) is 12.7 Å². The zero-order chi connectivity index (χ0) is 20.9. The van der Waals surface area contributed by atoms with Gasteiger partial charge in [0.1, 0.15) is 0 Å². The molecular formula is C18H25N5O4S2. The highest BCUT2D eigenvalue weighted by molar-refractivity contribution is 7.99. The van der Waals surface area contributed by atoms with Gasteiger partial charge in [-0.3, -0.25) is 9.10 Å². The maximum Gasteiger partial charge on any atom is 0.233 e. The molecule has 0 atom stereocenters. The molecule has 0 N–H and O–H groups in total. The molecule has 3 rings (SSSR count). The van der Waals surface area contributed by atoms with Gasteiger partial charge in [-0.05, 0) is 19.1 Å². The summed E-state index contributed by atoms with van der Waals surface area (Å²) in [6.45, 7) is 4.91. The second-order valence-corrected chi connectivity index (χ2v) is 9.38. The first-order valence-corrected chi connectivity index (χ1v) is 12.2. The summed E-state index contributed by atoms with van der Waals surface area (Å²) in [5, 5.41) is 8.99. The van der Waals surface area contributed by atoms with Gasteiger partial charge in [0.05, 0.1) is 37.5 Å². The van der Waals surface area contributed by atoms with Crippen molar-refractivity contribution in [3.05, 3.63) is 36.2 Å². The van der Waals surface area contributed by atoms with E-state index in [0.29, 0.717) is 49.5 Å². The Balaban J connectivity index is 1.73. The summed E-state index contributed by atoms with van der Waals surface area (Å²) < 4.78 is 33.1. The topological polar surface area (TPSA) is 97.6 Å². The van der Waals surface area contributed by atoms with E-state index in [1.54, 1.807) is 29.2 Å². The molecule has 2 aromatic rings. The van der Waals surface area contributed by atoms with Crippen LogP contribution < -0.4 is 4.31 Å². The number of hydrogen-bond donors (Lipinski definition) is 0. The van der Waals surface area contributed by atoms with E-state index in [1.165, 1.54) is 22.3 Å². The van der Waals surface area contributed by atoms with E-state index in [2.05, 4.69) is 10.2 Å². The summed E-state index contributed by atoms with van der Waals surface area (Å²) >= 11 is 1.31. The number of carbonyl (C=O) groups is 1. The normalized spacial score (nSPS) is 14.8. The lowest BCUT2D eigenvalue weighted by atomic mass is 10.3. The van der Waals surface area contributed by atoms with E-state index in [0.717, 1.165) is 0 Å². The van der Waals surface area contributed by atoms with Gasteiger partial charge in [-0.25, -0.2) is 8.42 Å². The fourth-order valence-electron chi connectivity index (χ4n) is 3.01. The van der Waals surface area contributed by atoms with Crippen molar-refractivity contribution in [2.45, 2.75) is 25.2 Å². The van der Waals surface area contributed by atoms with Crippen LogP contribution in [0, 0.1) is 0 Å². The van der Waals surface area contributed by atoms with E-state index in [1.807, 2.05) is 17.6 Å². The van der Waals surface area contributed by atoms with Crippen molar-refractivity contribution in [2.24, 2.45) is 0 Å². The van der Waals surface area contributed by atoms with Gasteiger partial charge in [0, 0.05) is 19.6 Å². The molecule has 2 heterocycles. The molecule has 0 saturated carbocycles. The zero-order valence-electron chi connectivity index (χ0n) is 16.5. The van der Waals surface area contributed by atoms with Gasteiger partial charge in [-0.2, -0.15) is 0 Å². The Bertz CT molecular complexity index is 927. The van der Waals surface area contributed by atoms with E-state index in [-0.39, 0.29) is 18.2 Å².